The van der Waals surface area contributed by atoms with Crippen LogP contribution < -0.4 is 16.2 Å². The van der Waals surface area contributed by atoms with Crippen molar-refractivity contribution in [3.05, 3.63) is 82.4 Å². The summed E-state index contributed by atoms with van der Waals surface area (Å²) in [4.78, 5) is 34.8. The summed E-state index contributed by atoms with van der Waals surface area (Å²) in [5.41, 5.74) is 5.79. The molecule has 1 atom stereocenters. The summed E-state index contributed by atoms with van der Waals surface area (Å²) in [7, 11) is 0. The maximum Gasteiger partial charge on any atom is 0.354 e. The van der Waals surface area contributed by atoms with Crippen molar-refractivity contribution in [2.45, 2.75) is 13.0 Å². The van der Waals surface area contributed by atoms with Crippen LogP contribution in [-0.4, -0.2) is 25.8 Å². The second-order valence-corrected chi connectivity index (χ2v) is 5.77. The molecule has 1 unspecified atom stereocenters. The van der Waals surface area contributed by atoms with Crippen LogP contribution in [0.15, 0.2) is 61.2 Å². The zero-order valence-corrected chi connectivity index (χ0v) is 14.9. The van der Waals surface area contributed by atoms with Crippen LogP contribution in [0.1, 0.15) is 28.9 Å². The Hall–Kier alpha value is -4.08. The molecule has 2 aromatic heterocycles. The molecule has 2 heterocycles. The average Bonchev–Trinajstić information content (AvgIpc) is 2.73. The Morgan fingerprint density at radius 3 is 2.43 bits per heavy atom. The van der Waals surface area contributed by atoms with Gasteiger partial charge in [-0.3, -0.25) is 30.7 Å². The van der Waals surface area contributed by atoms with E-state index in [9.17, 15) is 14.9 Å². The van der Waals surface area contributed by atoms with Gasteiger partial charge >= 0.3 is 5.69 Å². The number of nitrogens with zero attached hydrogens (tertiary/aromatic N) is 4. The van der Waals surface area contributed by atoms with E-state index in [4.69, 9.17) is 0 Å². The van der Waals surface area contributed by atoms with Gasteiger partial charge in [-0.15, -0.1) is 0 Å². The van der Waals surface area contributed by atoms with Crippen LogP contribution in [0.25, 0.3) is 0 Å². The van der Waals surface area contributed by atoms with Gasteiger partial charge in [0.05, 0.1) is 11.0 Å². The van der Waals surface area contributed by atoms with E-state index in [0.717, 1.165) is 5.56 Å². The number of hydrazine groups is 1. The van der Waals surface area contributed by atoms with Crippen LogP contribution in [-0.2, 0) is 0 Å². The summed E-state index contributed by atoms with van der Waals surface area (Å²) in [5.74, 6) is -0.579. The number of nitro groups is 1. The molecule has 0 aliphatic carbocycles. The van der Waals surface area contributed by atoms with E-state index in [0.29, 0.717) is 5.56 Å². The molecule has 10 nitrogen and oxygen atoms in total. The van der Waals surface area contributed by atoms with Crippen LogP contribution in [0.2, 0.25) is 0 Å². The average molecular weight is 379 g/mol. The molecule has 142 valence electrons. The fourth-order valence-electron chi connectivity index (χ4n) is 2.47. The number of carbonyl (C=O) groups is 1. The highest BCUT2D eigenvalue weighted by Crippen LogP contribution is 2.31. The molecule has 0 aliphatic rings. The summed E-state index contributed by atoms with van der Waals surface area (Å²) >= 11 is 0. The molecule has 1 aromatic carbocycles. The number of pyridine rings is 1. The molecule has 0 aliphatic heterocycles. The second-order valence-electron chi connectivity index (χ2n) is 5.77. The Morgan fingerprint density at radius 2 is 1.75 bits per heavy atom. The van der Waals surface area contributed by atoms with Crippen LogP contribution in [0, 0.1) is 10.1 Å². The lowest BCUT2D eigenvalue weighted by Gasteiger charge is -2.16. The number of benzene rings is 1. The third-order valence-electron chi connectivity index (χ3n) is 3.89. The quantitative estimate of drug-likeness (QED) is 0.421. The van der Waals surface area contributed by atoms with Crippen LogP contribution in [0.5, 0.6) is 0 Å². The highest BCUT2D eigenvalue weighted by Gasteiger charge is 2.24. The molecule has 3 aromatic rings. The molecule has 1 amide bonds. The lowest BCUT2D eigenvalue weighted by atomic mass is 10.1. The first-order valence-electron chi connectivity index (χ1n) is 8.33. The minimum absolute atomic E-state index is 0.0389. The van der Waals surface area contributed by atoms with E-state index in [1.54, 1.807) is 0 Å². The third kappa shape index (κ3) is 4.36. The Kier molecular flexibility index (Phi) is 5.70. The van der Waals surface area contributed by atoms with Crippen LogP contribution in [0.4, 0.5) is 17.3 Å². The standard InChI is InChI=1S/C18H17N7O3/c1-12(13-5-3-2-4-6-13)22-16-15(25(27)28)17(21-11-20-16)23-24-18(26)14-7-9-19-10-8-14/h2-12H,1H3,(H,24,26)(H2,20,21,22,23). The van der Waals surface area contributed by atoms with Crippen molar-refractivity contribution in [1.82, 2.24) is 20.4 Å². The summed E-state index contributed by atoms with van der Waals surface area (Å²) in [5, 5.41) is 14.6. The summed E-state index contributed by atoms with van der Waals surface area (Å²) in [6.07, 6.45) is 4.11. The van der Waals surface area contributed by atoms with Crippen molar-refractivity contribution < 1.29 is 9.72 Å². The minimum Gasteiger partial charge on any atom is -0.358 e. The van der Waals surface area contributed by atoms with Gasteiger partial charge in [-0.2, -0.15) is 0 Å². The summed E-state index contributed by atoms with van der Waals surface area (Å²) in [6.45, 7) is 1.86. The maximum atomic E-state index is 12.1. The van der Waals surface area contributed by atoms with E-state index in [-0.39, 0.29) is 23.4 Å². The number of amides is 1. The van der Waals surface area contributed by atoms with Gasteiger partial charge in [0, 0.05) is 18.0 Å². The zero-order chi connectivity index (χ0) is 19.9. The fraction of sp³-hybridized carbons (Fsp3) is 0.111. The van der Waals surface area contributed by atoms with Gasteiger partial charge in [-0.1, -0.05) is 30.3 Å². The fourth-order valence-corrected chi connectivity index (χ4v) is 2.47. The Labute approximate surface area is 160 Å². The number of hydrogen-bond donors (Lipinski definition) is 3. The Bertz CT molecular complexity index is 967. The SMILES string of the molecule is CC(Nc1ncnc(NNC(=O)c2ccncc2)c1[N+](=O)[O-])c1ccccc1. The predicted molar refractivity (Wildman–Crippen MR) is 102 cm³/mol. The van der Waals surface area contributed by atoms with E-state index < -0.39 is 10.8 Å². The first-order chi connectivity index (χ1) is 13.6. The van der Waals surface area contributed by atoms with Gasteiger partial charge in [0.15, 0.2) is 0 Å². The van der Waals surface area contributed by atoms with Gasteiger partial charge in [0.25, 0.3) is 5.91 Å². The van der Waals surface area contributed by atoms with E-state index in [2.05, 4.69) is 31.1 Å². The van der Waals surface area contributed by atoms with E-state index in [1.165, 1.54) is 30.9 Å². The summed E-state index contributed by atoms with van der Waals surface area (Å²) < 4.78 is 0. The number of hydrogen-bond acceptors (Lipinski definition) is 8. The lowest BCUT2D eigenvalue weighted by Crippen LogP contribution is -2.30. The number of anilines is 2. The van der Waals surface area contributed by atoms with Gasteiger partial charge in [-0.25, -0.2) is 9.97 Å². The highest BCUT2D eigenvalue weighted by atomic mass is 16.6. The van der Waals surface area contributed by atoms with E-state index >= 15 is 0 Å². The molecule has 0 spiro atoms. The minimum atomic E-state index is -0.610. The largest absolute Gasteiger partial charge is 0.358 e. The molecule has 0 saturated heterocycles. The van der Waals surface area contributed by atoms with Gasteiger partial charge in [0.1, 0.15) is 6.33 Å². The predicted octanol–water partition coefficient (Wildman–Crippen LogP) is 2.71. The van der Waals surface area contributed by atoms with Gasteiger partial charge in [-0.05, 0) is 24.6 Å². The number of rotatable bonds is 7. The molecular formula is C18H17N7O3. The van der Waals surface area contributed by atoms with Crippen molar-refractivity contribution in [3.63, 3.8) is 0 Å². The molecule has 3 rings (SSSR count). The van der Waals surface area contributed by atoms with Crippen molar-refractivity contribution in [2.24, 2.45) is 0 Å². The molecule has 10 heteroatoms. The molecule has 0 radical (unpaired) electrons. The zero-order valence-electron chi connectivity index (χ0n) is 14.9. The van der Waals surface area contributed by atoms with Crippen LogP contribution in [0.3, 0.4) is 0 Å². The van der Waals surface area contributed by atoms with E-state index in [1.807, 2.05) is 37.3 Å². The molecule has 3 N–H and O–H groups in total. The monoisotopic (exact) mass is 379 g/mol. The van der Waals surface area contributed by atoms with Gasteiger partial charge < -0.3 is 5.32 Å². The second kappa shape index (κ2) is 8.54. The molecular weight excluding hydrogens is 362 g/mol. The van der Waals surface area contributed by atoms with Crippen molar-refractivity contribution in [3.8, 4) is 0 Å². The Balaban J connectivity index is 1.79. The van der Waals surface area contributed by atoms with Crippen LogP contribution >= 0.6 is 0 Å². The molecule has 0 fully saturated rings. The number of nitrogens with one attached hydrogen (secondary N) is 3. The van der Waals surface area contributed by atoms with Crippen molar-refractivity contribution in [2.75, 3.05) is 10.7 Å². The number of carbonyl (C=O) groups excluding carboxylic acids is 1. The third-order valence-corrected chi connectivity index (χ3v) is 3.89. The molecule has 0 saturated carbocycles. The summed E-state index contributed by atoms with van der Waals surface area (Å²) in [6, 6.07) is 12.2. The first kappa shape index (κ1) is 18.7. The Morgan fingerprint density at radius 1 is 1.07 bits per heavy atom. The first-order valence-corrected chi connectivity index (χ1v) is 8.33. The lowest BCUT2D eigenvalue weighted by molar-refractivity contribution is -0.383. The molecule has 0 bridgehead atoms. The van der Waals surface area contributed by atoms with Crippen molar-refractivity contribution in [1.29, 1.82) is 0 Å². The molecule has 28 heavy (non-hydrogen) atoms. The number of aromatic nitrogens is 3. The van der Waals surface area contributed by atoms with Gasteiger partial charge in [0.2, 0.25) is 11.6 Å². The van der Waals surface area contributed by atoms with Crippen molar-refractivity contribution >= 4 is 23.2 Å². The maximum absolute atomic E-state index is 12.1. The normalized spacial score (nSPS) is 11.3. The smallest absolute Gasteiger partial charge is 0.354 e. The highest BCUT2D eigenvalue weighted by molar-refractivity contribution is 5.94. The topological polar surface area (TPSA) is 135 Å².